The summed E-state index contributed by atoms with van der Waals surface area (Å²) in [5.74, 6) is 0. The van der Waals surface area contributed by atoms with E-state index in [1.165, 1.54) is 0 Å². The molecule has 1 fully saturated rings. The Balaban J connectivity index is 0.000000145. The normalized spacial score (nSPS) is 32.1. The number of ether oxygens (including phenoxy) is 1. The molecule has 0 radical (unpaired) electrons. The summed E-state index contributed by atoms with van der Waals surface area (Å²) in [6, 6.07) is 0. The number of hydrogen-bond donors (Lipinski definition) is 0. The summed E-state index contributed by atoms with van der Waals surface area (Å²) in [5.41, 5.74) is 0.0231. The molecule has 3 nitrogen and oxygen atoms in total. The molecule has 0 aromatic rings. The van der Waals surface area contributed by atoms with Crippen LogP contribution in [-0.2, 0) is 9.30 Å². The van der Waals surface area contributed by atoms with Crippen molar-refractivity contribution in [3.05, 3.63) is 0 Å². The second-order valence-electron chi connectivity index (χ2n) is 1.27. The van der Waals surface area contributed by atoms with Gasteiger partial charge in [-0.2, -0.15) is 0 Å². The molecule has 0 N–H and O–H groups in total. The molecule has 1 saturated heterocycles. The van der Waals surface area contributed by atoms with Crippen molar-refractivity contribution in [2.45, 2.75) is 18.6 Å². The van der Waals surface area contributed by atoms with E-state index in [0.717, 1.165) is 0 Å². The number of alkyl halides is 1. The molecule has 0 spiro atoms. The molecule has 1 aliphatic heterocycles. The van der Waals surface area contributed by atoms with Gasteiger partial charge < -0.3 is 4.74 Å². The number of nitrogens with zero attached hydrogens (tertiary/aromatic N) is 1. The molecule has 1 heterocycles. The van der Waals surface area contributed by atoms with E-state index in [-0.39, 0.29) is 5.56 Å². The fourth-order valence-electron chi connectivity index (χ4n) is 0.160. The summed E-state index contributed by atoms with van der Waals surface area (Å²) in [5, 5.41) is 6.99. The van der Waals surface area contributed by atoms with Crippen molar-refractivity contribution < 1.29 is 9.30 Å². The van der Waals surface area contributed by atoms with E-state index in [9.17, 15) is 0 Å². The van der Waals surface area contributed by atoms with E-state index in [1.54, 1.807) is 0 Å². The van der Waals surface area contributed by atoms with Gasteiger partial charge in [-0.25, -0.2) is 0 Å². The monoisotopic (exact) mass is 153 g/mol. The fraction of sp³-hybridized carbons (Fsp3) is 1.00. The van der Waals surface area contributed by atoms with Crippen LogP contribution in [0.1, 0.15) is 6.92 Å². The van der Waals surface area contributed by atoms with Crippen molar-refractivity contribution in [1.29, 1.82) is 5.00 Å². The Morgan fingerprint density at radius 3 is 2.00 bits per heavy atom. The summed E-state index contributed by atoms with van der Waals surface area (Å²) < 4.78 is 13.1. The van der Waals surface area contributed by atoms with E-state index in [2.05, 4.69) is 4.74 Å². The maximum atomic E-state index is 8.46. The van der Waals surface area contributed by atoms with Crippen molar-refractivity contribution in [2.24, 2.45) is 0 Å². The Morgan fingerprint density at radius 2 is 2.00 bits per heavy atom. The molecule has 2 unspecified atom stereocenters. The molecule has 8 heavy (non-hydrogen) atoms. The first-order valence-corrected chi connectivity index (χ1v) is 3.18. The summed E-state index contributed by atoms with van der Waals surface area (Å²) in [7, 11) is -0.833. The van der Waals surface area contributed by atoms with Crippen LogP contribution >= 0.6 is 19.7 Å². The second-order valence-corrected chi connectivity index (χ2v) is 1.87. The Labute approximate surface area is 53.4 Å². The third-order valence-electron chi connectivity index (χ3n) is 0.637. The molecule has 46 valence electrons. The third kappa shape index (κ3) is 4.35. The minimum absolute atomic E-state index is 0.0231. The average molecular weight is 154 g/mol. The van der Waals surface area contributed by atoms with Crippen LogP contribution < -0.4 is 0 Å². The number of epoxide rings is 1. The Hall–Kier alpha value is 0.190. The first-order chi connectivity index (χ1) is 3.72. The average Bonchev–Trinajstić information content (AvgIpc) is 2.22. The van der Waals surface area contributed by atoms with Crippen molar-refractivity contribution in [3.8, 4) is 0 Å². The zero-order chi connectivity index (χ0) is 6.57. The SMILES string of the molecule is CC1OC1Cl.N#P=O. The number of rotatable bonds is 0. The zero-order valence-electron chi connectivity index (χ0n) is 4.24. The quantitative estimate of drug-likeness (QED) is 0.303. The molecule has 0 saturated carbocycles. The molecule has 5 heteroatoms. The van der Waals surface area contributed by atoms with Gasteiger partial charge in [0.2, 0.25) is 0 Å². The fourth-order valence-corrected chi connectivity index (χ4v) is 0.322. The van der Waals surface area contributed by atoms with Crippen LogP contribution in [0.25, 0.3) is 0 Å². The molecule has 1 aliphatic rings. The van der Waals surface area contributed by atoms with E-state index >= 15 is 0 Å². The first-order valence-electron chi connectivity index (χ1n) is 1.98. The van der Waals surface area contributed by atoms with Crippen LogP contribution in [0.15, 0.2) is 0 Å². The van der Waals surface area contributed by atoms with Crippen LogP contribution in [0.2, 0.25) is 0 Å². The minimum atomic E-state index is -0.833. The van der Waals surface area contributed by atoms with Crippen LogP contribution in [0, 0.1) is 5.00 Å². The predicted octanol–water partition coefficient (Wildman–Crippen LogP) is 1.73. The Kier molecular flexibility index (Phi) is 4.20. The molecule has 0 bridgehead atoms. The predicted molar refractivity (Wildman–Crippen MR) is 29.5 cm³/mol. The van der Waals surface area contributed by atoms with Gasteiger partial charge in [-0.15, -0.1) is 0 Å². The van der Waals surface area contributed by atoms with Crippen molar-refractivity contribution in [3.63, 3.8) is 0 Å². The summed E-state index contributed by atoms with van der Waals surface area (Å²) in [4.78, 5) is 0. The molecule has 0 aliphatic carbocycles. The molecule has 0 aromatic carbocycles. The molecular formula is C3H5ClNO2P. The van der Waals surface area contributed by atoms with Gasteiger partial charge in [0.25, 0.3) is 0 Å². The van der Waals surface area contributed by atoms with Gasteiger partial charge >= 0.3 is 17.7 Å². The third-order valence-corrected chi connectivity index (χ3v) is 1.09. The van der Waals surface area contributed by atoms with Gasteiger partial charge in [0, 0.05) is 0 Å². The zero-order valence-corrected chi connectivity index (χ0v) is 5.89. The van der Waals surface area contributed by atoms with Gasteiger partial charge in [-0.1, -0.05) is 11.6 Å². The maximum absolute atomic E-state index is 8.46. The Morgan fingerprint density at radius 1 is 1.88 bits per heavy atom. The molecule has 2 atom stereocenters. The van der Waals surface area contributed by atoms with Crippen molar-refractivity contribution in [1.82, 2.24) is 0 Å². The van der Waals surface area contributed by atoms with Gasteiger partial charge in [-0.3, -0.25) is 0 Å². The topological polar surface area (TPSA) is 53.4 Å². The standard InChI is InChI=1S/C3H5ClO.NOP/c1-2-3(4)5-2;1-3-2/h2-3H,1H3;. The van der Waals surface area contributed by atoms with Crippen LogP contribution in [0.5, 0.6) is 0 Å². The molecule has 0 amide bonds. The summed E-state index contributed by atoms with van der Waals surface area (Å²) >= 11 is 5.31. The van der Waals surface area contributed by atoms with Crippen molar-refractivity contribution in [2.75, 3.05) is 0 Å². The Bertz CT molecular complexity index is 130. The van der Waals surface area contributed by atoms with Crippen LogP contribution in [-0.4, -0.2) is 11.7 Å². The van der Waals surface area contributed by atoms with Crippen LogP contribution in [0.4, 0.5) is 0 Å². The van der Waals surface area contributed by atoms with Gasteiger partial charge in [0.1, 0.15) is 0 Å². The summed E-state index contributed by atoms with van der Waals surface area (Å²) in [6.07, 6.45) is 0.316. The van der Waals surface area contributed by atoms with E-state index < -0.39 is 8.10 Å². The second kappa shape index (κ2) is 4.11. The van der Waals surface area contributed by atoms with Gasteiger partial charge in [0.05, 0.1) is 6.10 Å². The van der Waals surface area contributed by atoms with Gasteiger partial charge in [-0.05, 0) is 6.92 Å². The summed E-state index contributed by atoms with van der Waals surface area (Å²) in [6.45, 7) is 1.94. The first kappa shape index (κ1) is 8.19. The molecule has 1 rings (SSSR count). The van der Waals surface area contributed by atoms with Crippen molar-refractivity contribution >= 4 is 19.7 Å². The number of hydrogen-bond acceptors (Lipinski definition) is 3. The van der Waals surface area contributed by atoms with Gasteiger partial charge in [0.15, 0.2) is 5.56 Å². The van der Waals surface area contributed by atoms with E-state index in [4.69, 9.17) is 21.2 Å². The van der Waals surface area contributed by atoms with E-state index in [1.807, 2.05) is 6.92 Å². The van der Waals surface area contributed by atoms with Crippen LogP contribution in [0.3, 0.4) is 0 Å². The van der Waals surface area contributed by atoms with E-state index in [0.29, 0.717) is 6.10 Å². The molecular weight excluding hydrogens is 148 g/mol. The number of halogens is 1. The molecule has 0 aromatic heterocycles.